The normalized spacial score (nSPS) is 15.8. The topological polar surface area (TPSA) is 39.4 Å². The Kier molecular flexibility index (Phi) is 2.08. The van der Waals surface area contributed by atoms with Crippen LogP contribution in [0.1, 0.15) is 18.6 Å². The van der Waals surface area contributed by atoms with E-state index in [2.05, 4.69) is 0 Å². The summed E-state index contributed by atoms with van der Waals surface area (Å²) in [5.41, 5.74) is -0.342. The van der Waals surface area contributed by atoms with Crippen LogP contribution in [0.15, 0.2) is 21.3 Å². The zero-order valence-electron chi connectivity index (χ0n) is 7.58. The predicted octanol–water partition coefficient (Wildman–Crippen LogP) is 1.74. The van der Waals surface area contributed by atoms with E-state index in [1.165, 1.54) is 18.9 Å². The molecule has 70 valence electrons. The van der Waals surface area contributed by atoms with Crippen molar-refractivity contribution in [2.24, 2.45) is 5.92 Å². The lowest BCUT2D eigenvalue weighted by molar-refractivity contribution is 0.294. The number of aryl methyl sites for hydroxylation is 1. The second-order valence-corrected chi connectivity index (χ2v) is 3.48. The van der Waals surface area contributed by atoms with E-state index in [4.69, 9.17) is 9.15 Å². The molecule has 0 aliphatic heterocycles. The highest BCUT2D eigenvalue weighted by molar-refractivity contribution is 5.19. The van der Waals surface area contributed by atoms with Gasteiger partial charge < -0.3 is 9.15 Å². The van der Waals surface area contributed by atoms with Crippen molar-refractivity contribution in [1.29, 1.82) is 0 Å². The molecule has 3 nitrogen and oxygen atoms in total. The van der Waals surface area contributed by atoms with E-state index in [-0.39, 0.29) is 5.63 Å². The van der Waals surface area contributed by atoms with E-state index in [0.717, 1.165) is 6.61 Å². The van der Waals surface area contributed by atoms with Gasteiger partial charge in [0.1, 0.15) is 11.5 Å². The van der Waals surface area contributed by atoms with Crippen molar-refractivity contribution in [3.05, 3.63) is 28.3 Å². The number of rotatable bonds is 3. The molecule has 0 spiro atoms. The molecule has 1 aromatic heterocycles. The molecule has 1 aromatic rings. The van der Waals surface area contributed by atoms with Gasteiger partial charge in [-0.2, -0.15) is 0 Å². The van der Waals surface area contributed by atoms with Crippen LogP contribution in [0, 0.1) is 12.8 Å². The summed E-state index contributed by atoms with van der Waals surface area (Å²) in [5.74, 6) is 1.92. The summed E-state index contributed by atoms with van der Waals surface area (Å²) in [7, 11) is 0. The molecule has 0 N–H and O–H groups in total. The van der Waals surface area contributed by atoms with Crippen molar-refractivity contribution in [3.63, 3.8) is 0 Å². The van der Waals surface area contributed by atoms with E-state index >= 15 is 0 Å². The van der Waals surface area contributed by atoms with Crippen molar-refractivity contribution in [2.75, 3.05) is 6.61 Å². The Morgan fingerprint density at radius 1 is 1.54 bits per heavy atom. The van der Waals surface area contributed by atoms with Crippen LogP contribution >= 0.6 is 0 Å². The minimum Gasteiger partial charge on any atom is -0.493 e. The quantitative estimate of drug-likeness (QED) is 0.711. The van der Waals surface area contributed by atoms with Crippen molar-refractivity contribution < 1.29 is 9.15 Å². The highest BCUT2D eigenvalue weighted by atomic mass is 16.5. The highest BCUT2D eigenvalue weighted by Crippen LogP contribution is 2.29. The molecule has 0 bridgehead atoms. The number of hydrogen-bond acceptors (Lipinski definition) is 3. The molecule has 1 fully saturated rings. The minimum absolute atomic E-state index is 0.342. The van der Waals surface area contributed by atoms with E-state index < -0.39 is 0 Å². The summed E-state index contributed by atoms with van der Waals surface area (Å²) in [4.78, 5) is 10.9. The highest BCUT2D eigenvalue weighted by Gasteiger charge is 2.21. The SMILES string of the molecule is Cc1cc(OCC2CC2)cc(=O)o1. The summed E-state index contributed by atoms with van der Waals surface area (Å²) in [6.07, 6.45) is 2.50. The van der Waals surface area contributed by atoms with Gasteiger partial charge in [0, 0.05) is 6.07 Å². The molecule has 0 aromatic carbocycles. The largest absolute Gasteiger partial charge is 0.493 e. The molecular weight excluding hydrogens is 168 g/mol. The summed E-state index contributed by atoms with van der Waals surface area (Å²) >= 11 is 0. The van der Waals surface area contributed by atoms with E-state index in [0.29, 0.717) is 17.4 Å². The van der Waals surface area contributed by atoms with Gasteiger partial charge in [-0.05, 0) is 25.7 Å². The van der Waals surface area contributed by atoms with Crippen molar-refractivity contribution in [1.82, 2.24) is 0 Å². The summed E-state index contributed by atoms with van der Waals surface area (Å²) in [6.45, 7) is 2.47. The zero-order chi connectivity index (χ0) is 9.26. The Labute approximate surface area is 76.3 Å². The average molecular weight is 180 g/mol. The molecule has 0 saturated heterocycles. The van der Waals surface area contributed by atoms with Crippen LogP contribution in [0.3, 0.4) is 0 Å². The smallest absolute Gasteiger partial charge is 0.339 e. The van der Waals surface area contributed by atoms with Gasteiger partial charge in [-0.3, -0.25) is 0 Å². The molecule has 3 heteroatoms. The average Bonchev–Trinajstić information content (AvgIpc) is 2.81. The summed E-state index contributed by atoms with van der Waals surface area (Å²) in [6, 6.07) is 3.12. The first-order valence-electron chi connectivity index (χ1n) is 4.48. The van der Waals surface area contributed by atoms with Gasteiger partial charge in [0.2, 0.25) is 0 Å². The molecule has 1 aliphatic rings. The molecule has 1 aliphatic carbocycles. The first-order valence-corrected chi connectivity index (χ1v) is 4.48. The van der Waals surface area contributed by atoms with Crippen LogP contribution in [0.5, 0.6) is 5.75 Å². The lowest BCUT2D eigenvalue weighted by atomic mass is 10.4. The Balaban J connectivity index is 2.05. The molecular formula is C10H12O3. The van der Waals surface area contributed by atoms with Gasteiger partial charge >= 0.3 is 5.63 Å². The van der Waals surface area contributed by atoms with E-state index in [9.17, 15) is 4.79 Å². The number of ether oxygens (including phenoxy) is 1. The Hall–Kier alpha value is -1.25. The van der Waals surface area contributed by atoms with Crippen LogP contribution in [0.4, 0.5) is 0 Å². The van der Waals surface area contributed by atoms with Crippen LogP contribution in [-0.4, -0.2) is 6.61 Å². The van der Waals surface area contributed by atoms with Crippen molar-refractivity contribution in [2.45, 2.75) is 19.8 Å². The van der Waals surface area contributed by atoms with Crippen molar-refractivity contribution >= 4 is 0 Å². The fourth-order valence-corrected chi connectivity index (χ4v) is 1.16. The van der Waals surface area contributed by atoms with Gasteiger partial charge in [-0.25, -0.2) is 4.79 Å². The second kappa shape index (κ2) is 3.24. The lowest BCUT2D eigenvalue weighted by Crippen LogP contribution is -2.03. The third kappa shape index (κ3) is 2.34. The van der Waals surface area contributed by atoms with Crippen molar-refractivity contribution in [3.8, 4) is 5.75 Å². The third-order valence-electron chi connectivity index (χ3n) is 2.05. The molecule has 2 rings (SSSR count). The van der Waals surface area contributed by atoms with Gasteiger partial charge in [-0.1, -0.05) is 0 Å². The second-order valence-electron chi connectivity index (χ2n) is 3.48. The van der Waals surface area contributed by atoms with Crippen LogP contribution < -0.4 is 10.4 Å². The summed E-state index contributed by atoms with van der Waals surface area (Å²) in [5, 5.41) is 0. The summed E-state index contributed by atoms with van der Waals surface area (Å²) < 4.78 is 10.2. The van der Waals surface area contributed by atoms with E-state index in [1.807, 2.05) is 0 Å². The minimum atomic E-state index is -0.342. The molecule has 1 saturated carbocycles. The zero-order valence-corrected chi connectivity index (χ0v) is 7.58. The first kappa shape index (κ1) is 8.35. The standard InChI is InChI=1S/C10H12O3/c1-7-4-9(5-10(11)13-7)12-6-8-2-3-8/h4-5,8H,2-3,6H2,1H3. The molecule has 1 heterocycles. The Bertz CT molecular complexity index is 349. The molecule has 0 radical (unpaired) electrons. The fourth-order valence-electron chi connectivity index (χ4n) is 1.16. The Morgan fingerprint density at radius 2 is 2.31 bits per heavy atom. The third-order valence-corrected chi connectivity index (χ3v) is 2.05. The van der Waals surface area contributed by atoms with Crippen LogP contribution in [-0.2, 0) is 0 Å². The molecule has 0 atom stereocenters. The Morgan fingerprint density at radius 3 is 2.92 bits per heavy atom. The van der Waals surface area contributed by atoms with Gasteiger partial charge in [0.15, 0.2) is 0 Å². The van der Waals surface area contributed by atoms with Crippen LogP contribution in [0.25, 0.3) is 0 Å². The fraction of sp³-hybridized carbons (Fsp3) is 0.500. The molecule has 0 unspecified atom stereocenters. The lowest BCUT2D eigenvalue weighted by Gasteiger charge is -2.03. The maximum absolute atomic E-state index is 10.9. The van der Waals surface area contributed by atoms with Gasteiger partial charge in [-0.15, -0.1) is 0 Å². The van der Waals surface area contributed by atoms with Crippen LogP contribution in [0.2, 0.25) is 0 Å². The number of hydrogen-bond donors (Lipinski definition) is 0. The maximum Gasteiger partial charge on any atom is 0.339 e. The molecule has 13 heavy (non-hydrogen) atoms. The first-order chi connectivity index (χ1) is 6.24. The van der Waals surface area contributed by atoms with Gasteiger partial charge in [0.25, 0.3) is 0 Å². The van der Waals surface area contributed by atoms with E-state index in [1.54, 1.807) is 13.0 Å². The monoisotopic (exact) mass is 180 g/mol. The maximum atomic E-state index is 10.9. The predicted molar refractivity (Wildman–Crippen MR) is 47.9 cm³/mol. The molecule has 0 amide bonds. The van der Waals surface area contributed by atoms with Gasteiger partial charge in [0.05, 0.1) is 12.7 Å².